The van der Waals surface area contributed by atoms with Gasteiger partial charge in [0.25, 0.3) is 0 Å². The molecule has 0 bridgehead atoms. The molecule has 8 rings (SSSR count). The number of Topliss-reactive ketones (excluding diaryl/α,β-unsaturated/α-hetero) is 2. The van der Waals surface area contributed by atoms with E-state index in [0.29, 0.717) is 18.6 Å². The van der Waals surface area contributed by atoms with E-state index in [0.717, 1.165) is 96.0 Å². The van der Waals surface area contributed by atoms with Gasteiger partial charge >= 0.3 is 0 Å². The maximum atomic E-state index is 13.3. The molecule has 2 saturated heterocycles. The van der Waals surface area contributed by atoms with Gasteiger partial charge in [0.15, 0.2) is 0 Å². The van der Waals surface area contributed by atoms with Gasteiger partial charge in [0.2, 0.25) is 0 Å². The van der Waals surface area contributed by atoms with Crippen LogP contribution in [0.15, 0.2) is 134 Å². The van der Waals surface area contributed by atoms with Crippen molar-refractivity contribution < 1.29 is 9.59 Å². The van der Waals surface area contributed by atoms with E-state index in [1.54, 1.807) is 12.4 Å². The third-order valence-corrected chi connectivity index (χ3v) is 11.1. The van der Waals surface area contributed by atoms with Gasteiger partial charge in [-0.25, -0.2) is 0 Å². The minimum atomic E-state index is -0.0854. The molecule has 296 valence electrons. The fraction of sp³-hybridized carbons (Fsp3) is 0.347. The first-order chi connectivity index (χ1) is 27.9. The van der Waals surface area contributed by atoms with Crippen LogP contribution in [0.25, 0.3) is 21.5 Å². The van der Waals surface area contributed by atoms with Crippen molar-refractivity contribution in [3.05, 3.63) is 156 Å². The molecule has 57 heavy (non-hydrogen) atoms. The molecule has 6 aromatic rings. The molecule has 2 aliphatic heterocycles. The van der Waals surface area contributed by atoms with Crippen molar-refractivity contribution in [1.29, 1.82) is 0 Å². The Balaban J connectivity index is 0.000000168. The lowest BCUT2D eigenvalue weighted by Crippen LogP contribution is -2.46. The molecule has 0 spiro atoms. The smallest absolute Gasteiger partial charge is 0.145 e. The topological polar surface area (TPSA) is 81.7 Å². The lowest BCUT2D eigenvalue weighted by molar-refractivity contribution is -0.121. The van der Waals surface area contributed by atoms with E-state index in [4.69, 9.17) is 0 Å². The number of fused-ring (bicyclic) bond motifs is 2. The van der Waals surface area contributed by atoms with Crippen LogP contribution in [0.5, 0.6) is 0 Å². The van der Waals surface area contributed by atoms with Crippen LogP contribution in [0.1, 0.15) is 47.4 Å². The number of carbonyl (C=O) groups is 2. The van der Waals surface area contributed by atoms with Gasteiger partial charge in [-0.1, -0.05) is 104 Å². The summed E-state index contributed by atoms with van der Waals surface area (Å²) in [6, 6.07) is 36.7. The van der Waals surface area contributed by atoms with Crippen LogP contribution in [-0.2, 0) is 22.4 Å². The Morgan fingerprint density at radius 3 is 1.53 bits per heavy atom. The Labute approximate surface area is 338 Å². The van der Waals surface area contributed by atoms with Gasteiger partial charge in [-0.05, 0) is 65.7 Å². The molecule has 4 heterocycles. The number of hydrogen-bond donors (Lipinski definition) is 1. The van der Waals surface area contributed by atoms with Crippen LogP contribution < -0.4 is 5.32 Å². The predicted molar refractivity (Wildman–Crippen MR) is 234 cm³/mol. The minimum absolute atomic E-state index is 0.0191. The molecule has 2 unspecified atom stereocenters. The largest absolute Gasteiger partial charge is 0.314 e. The number of piperazine rings is 2. The average Bonchev–Trinajstić information content (AvgIpc) is 3.25. The molecule has 2 aliphatic rings. The highest BCUT2D eigenvalue weighted by Crippen LogP contribution is 2.25. The highest BCUT2D eigenvalue weighted by atomic mass is 16.1. The van der Waals surface area contributed by atoms with Crippen molar-refractivity contribution >= 4 is 33.1 Å². The summed E-state index contributed by atoms with van der Waals surface area (Å²) in [7, 11) is 4.31. The van der Waals surface area contributed by atoms with Gasteiger partial charge in [-0.15, -0.1) is 0 Å². The van der Waals surface area contributed by atoms with Crippen LogP contribution in [0.3, 0.4) is 0 Å². The number of pyridine rings is 2. The van der Waals surface area contributed by atoms with E-state index >= 15 is 0 Å². The highest BCUT2D eigenvalue weighted by molar-refractivity contribution is 5.90. The van der Waals surface area contributed by atoms with Crippen molar-refractivity contribution in [2.45, 2.75) is 38.0 Å². The zero-order valence-corrected chi connectivity index (χ0v) is 33.9. The zero-order chi connectivity index (χ0) is 39.8. The van der Waals surface area contributed by atoms with E-state index in [1.165, 1.54) is 13.1 Å². The first-order valence-electron chi connectivity index (χ1n) is 20.5. The van der Waals surface area contributed by atoms with E-state index in [-0.39, 0.29) is 17.6 Å². The van der Waals surface area contributed by atoms with Crippen LogP contribution in [-0.4, -0.2) is 109 Å². The summed E-state index contributed by atoms with van der Waals surface area (Å²) in [6.45, 7) is 11.8. The van der Waals surface area contributed by atoms with E-state index < -0.39 is 0 Å². The Morgan fingerprint density at radius 2 is 1.05 bits per heavy atom. The van der Waals surface area contributed by atoms with Gasteiger partial charge < -0.3 is 15.1 Å². The molecular formula is C49H58N6O2. The standard InChI is InChI=1S/C24H27N3O.C20H19NO.C5H12N2/c1-26-11-13-27(14-12-26)18-23(20-5-3-2-4-6-20)24(28)16-19-7-8-22-17-25-10-9-21(22)15-19;1-2-19(16-6-4-3-5-7-16)20(22)13-15-8-9-18-14-21-11-10-17(18)12-15;1-7-4-2-6-3-5-7/h2-10,15,17,23H,11-14,16,18H2,1H3;3-12,14,19H,2,13H2,1H3;6H,2-5H2,1H3. The molecule has 0 amide bonds. The summed E-state index contributed by atoms with van der Waals surface area (Å²) < 4.78 is 0. The van der Waals surface area contributed by atoms with E-state index in [1.807, 2.05) is 85.2 Å². The van der Waals surface area contributed by atoms with Gasteiger partial charge in [0.05, 0.1) is 5.92 Å². The number of aromatic nitrogens is 2. The fourth-order valence-electron chi connectivity index (χ4n) is 7.61. The monoisotopic (exact) mass is 762 g/mol. The van der Waals surface area contributed by atoms with Crippen molar-refractivity contribution in [3.8, 4) is 0 Å². The molecular weight excluding hydrogens is 705 g/mol. The lowest BCUT2D eigenvalue weighted by Gasteiger charge is -2.34. The first-order valence-corrected chi connectivity index (χ1v) is 20.5. The van der Waals surface area contributed by atoms with Crippen molar-refractivity contribution in [3.63, 3.8) is 0 Å². The summed E-state index contributed by atoms with van der Waals surface area (Å²) in [5, 5.41) is 7.75. The molecule has 2 fully saturated rings. The minimum Gasteiger partial charge on any atom is -0.314 e. The molecule has 0 saturated carbocycles. The normalized spacial score (nSPS) is 16.1. The number of likely N-dealkylation sites (N-methyl/N-ethyl adjacent to an activating group) is 2. The van der Waals surface area contributed by atoms with Crippen molar-refractivity contribution in [2.24, 2.45) is 0 Å². The third kappa shape index (κ3) is 12.4. The molecule has 1 N–H and O–H groups in total. The number of carbonyl (C=O) groups excluding carboxylic acids is 2. The number of hydrogen-bond acceptors (Lipinski definition) is 8. The zero-order valence-electron chi connectivity index (χ0n) is 33.9. The number of rotatable bonds is 11. The molecule has 8 heteroatoms. The molecule has 8 nitrogen and oxygen atoms in total. The Kier molecular flexibility index (Phi) is 15.6. The van der Waals surface area contributed by atoms with E-state index in [9.17, 15) is 9.59 Å². The predicted octanol–water partition coefficient (Wildman–Crippen LogP) is 7.44. The van der Waals surface area contributed by atoms with E-state index in [2.05, 4.69) is 87.4 Å². The van der Waals surface area contributed by atoms with Gasteiger partial charge in [0, 0.05) is 113 Å². The summed E-state index contributed by atoms with van der Waals surface area (Å²) in [4.78, 5) is 41.4. The molecule has 0 aliphatic carbocycles. The number of ketones is 2. The van der Waals surface area contributed by atoms with Crippen LogP contribution in [0, 0.1) is 0 Å². The summed E-state index contributed by atoms with van der Waals surface area (Å²) in [6.07, 6.45) is 9.07. The van der Waals surface area contributed by atoms with Crippen LogP contribution in [0.2, 0.25) is 0 Å². The molecule has 4 aromatic carbocycles. The third-order valence-electron chi connectivity index (χ3n) is 11.1. The number of nitrogens with zero attached hydrogens (tertiary/aromatic N) is 5. The first kappa shape index (κ1) is 41.5. The quantitative estimate of drug-likeness (QED) is 0.146. The SMILES string of the molecule is CCC(C(=O)Cc1ccc2cnccc2c1)c1ccccc1.CN1CCN(CC(C(=O)Cc2ccc3cnccc3c2)c2ccccc2)CC1.CN1CCNCC1. The summed E-state index contributed by atoms with van der Waals surface area (Å²) in [5.74, 6) is 0.465. The number of nitrogens with one attached hydrogen (secondary N) is 1. The second kappa shape index (κ2) is 21.4. The van der Waals surface area contributed by atoms with Crippen molar-refractivity contribution in [1.82, 2.24) is 30.0 Å². The van der Waals surface area contributed by atoms with Crippen LogP contribution in [0.4, 0.5) is 0 Å². The molecule has 0 radical (unpaired) electrons. The lowest BCUT2D eigenvalue weighted by atomic mass is 9.89. The van der Waals surface area contributed by atoms with Crippen molar-refractivity contribution in [2.75, 3.05) is 73.0 Å². The maximum Gasteiger partial charge on any atom is 0.145 e. The average molecular weight is 763 g/mol. The van der Waals surface area contributed by atoms with Crippen LogP contribution >= 0.6 is 0 Å². The fourth-order valence-corrected chi connectivity index (χ4v) is 7.61. The van der Waals surface area contributed by atoms with Gasteiger partial charge in [-0.2, -0.15) is 0 Å². The number of benzene rings is 4. The maximum absolute atomic E-state index is 13.3. The Morgan fingerprint density at radius 1 is 0.579 bits per heavy atom. The molecule has 2 aromatic heterocycles. The summed E-state index contributed by atoms with van der Waals surface area (Å²) in [5.41, 5.74) is 4.37. The van der Waals surface area contributed by atoms with Gasteiger partial charge in [-0.3, -0.25) is 24.5 Å². The summed E-state index contributed by atoms with van der Waals surface area (Å²) >= 11 is 0. The Hall–Kier alpha value is -5.12. The Bertz CT molecular complexity index is 2150. The molecule has 2 atom stereocenters. The second-order valence-corrected chi connectivity index (χ2v) is 15.4. The highest BCUT2D eigenvalue weighted by Gasteiger charge is 2.25. The van der Waals surface area contributed by atoms with Gasteiger partial charge in [0.1, 0.15) is 11.6 Å². The second-order valence-electron chi connectivity index (χ2n) is 15.4.